The Bertz CT molecular complexity index is 875. The lowest BCUT2D eigenvalue weighted by molar-refractivity contribution is 0.0642. The van der Waals surface area contributed by atoms with E-state index in [-0.39, 0.29) is 29.4 Å². The number of hydrogen-bond donors (Lipinski definition) is 1. The van der Waals surface area contributed by atoms with E-state index in [0.717, 1.165) is 0 Å². The summed E-state index contributed by atoms with van der Waals surface area (Å²) in [6, 6.07) is 4.46. The Hall–Kier alpha value is -2.35. The molecule has 0 saturated carbocycles. The number of anilines is 1. The van der Waals surface area contributed by atoms with Gasteiger partial charge in [0.15, 0.2) is 10.4 Å². The lowest BCUT2D eigenvalue weighted by Gasteiger charge is -2.31. The number of pyridine rings is 1. The van der Waals surface area contributed by atoms with Crippen molar-refractivity contribution >= 4 is 33.4 Å². The third-order valence-electron chi connectivity index (χ3n) is 3.82. The maximum atomic E-state index is 12.9. The molecular formula is C18H22BrN3O4. The SMILES string of the molecule is CC(C)N(C(=O)c1cc(NC(=O)c2ccc(Br)o2)c(=O)n(C)c1)C(C)C. The fourth-order valence-electron chi connectivity index (χ4n) is 2.75. The standard InChI is InChI=1S/C18H22BrN3O4/c1-10(2)22(11(3)4)17(24)12-8-13(18(25)21(5)9-12)20-16(23)14-6-7-15(19)26-14/h6-11H,1-5H3,(H,20,23). The van der Waals surface area contributed by atoms with Crippen molar-refractivity contribution < 1.29 is 14.0 Å². The van der Waals surface area contributed by atoms with Crippen LogP contribution in [0.3, 0.4) is 0 Å². The van der Waals surface area contributed by atoms with Crippen LogP contribution in [0.25, 0.3) is 0 Å². The Balaban J connectivity index is 2.38. The van der Waals surface area contributed by atoms with Gasteiger partial charge in [-0.3, -0.25) is 14.4 Å². The smallest absolute Gasteiger partial charge is 0.291 e. The van der Waals surface area contributed by atoms with E-state index in [2.05, 4.69) is 21.2 Å². The summed E-state index contributed by atoms with van der Waals surface area (Å²) < 4.78 is 6.87. The monoisotopic (exact) mass is 423 g/mol. The molecule has 0 aliphatic heterocycles. The number of aromatic nitrogens is 1. The Morgan fingerprint density at radius 1 is 1.19 bits per heavy atom. The lowest BCUT2D eigenvalue weighted by Crippen LogP contribution is -2.42. The van der Waals surface area contributed by atoms with E-state index >= 15 is 0 Å². The first-order valence-corrected chi connectivity index (χ1v) is 9.01. The summed E-state index contributed by atoms with van der Waals surface area (Å²) in [5.41, 5.74) is -0.0741. The number of hydrogen-bond acceptors (Lipinski definition) is 4. The van der Waals surface area contributed by atoms with Crippen LogP contribution >= 0.6 is 15.9 Å². The van der Waals surface area contributed by atoms with E-state index in [4.69, 9.17) is 4.42 Å². The van der Waals surface area contributed by atoms with Crippen LogP contribution in [-0.4, -0.2) is 33.4 Å². The summed E-state index contributed by atoms with van der Waals surface area (Å²) in [5.74, 6) is -0.717. The molecule has 2 heterocycles. The number of furan rings is 1. The summed E-state index contributed by atoms with van der Waals surface area (Å²) in [6.07, 6.45) is 1.47. The van der Waals surface area contributed by atoms with Crippen molar-refractivity contribution in [3.05, 3.63) is 50.7 Å². The second-order valence-electron chi connectivity index (χ2n) is 6.52. The zero-order valence-corrected chi connectivity index (χ0v) is 17.0. The zero-order valence-electron chi connectivity index (χ0n) is 15.4. The lowest BCUT2D eigenvalue weighted by atomic mass is 10.1. The molecule has 0 aromatic carbocycles. The number of nitrogens with zero attached hydrogens (tertiary/aromatic N) is 2. The Morgan fingerprint density at radius 3 is 2.31 bits per heavy atom. The number of carbonyl (C=O) groups excluding carboxylic acids is 2. The first-order chi connectivity index (χ1) is 12.1. The molecule has 0 unspecified atom stereocenters. The molecule has 0 spiro atoms. The summed E-state index contributed by atoms with van der Waals surface area (Å²) in [4.78, 5) is 39.2. The number of rotatable bonds is 5. The predicted octanol–water partition coefficient (Wildman–Crippen LogP) is 3.25. The maximum absolute atomic E-state index is 12.9. The molecule has 7 nitrogen and oxygen atoms in total. The first kappa shape index (κ1) is 20.0. The molecule has 1 N–H and O–H groups in total. The van der Waals surface area contributed by atoms with Crippen molar-refractivity contribution in [2.24, 2.45) is 7.05 Å². The van der Waals surface area contributed by atoms with Gasteiger partial charge in [0.25, 0.3) is 17.4 Å². The highest BCUT2D eigenvalue weighted by molar-refractivity contribution is 9.10. The Labute approximate surface area is 160 Å². The van der Waals surface area contributed by atoms with Crippen LogP contribution in [0, 0.1) is 0 Å². The number of nitrogens with one attached hydrogen (secondary N) is 1. The van der Waals surface area contributed by atoms with Gasteiger partial charge in [-0.15, -0.1) is 0 Å². The highest BCUT2D eigenvalue weighted by Gasteiger charge is 2.23. The van der Waals surface area contributed by atoms with Gasteiger partial charge in [0.05, 0.1) is 5.56 Å². The molecule has 2 rings (SSSR count). The van der Waals surface area contributed by atoms with E-state index in [1.54, 1.807) is 11.0 Å². The molecule has 0 fully saturated rings. The molecule has 2 aromatic heterocycles. The van der Waals surface area contributed by atoms with Crippen LogP contribution in [0.5, 0.6) is 0 Å². The van der Waals surface area contributed by atoms with Gasteiger partial charge < -0.3 is 19.2 Å². The zero-order chi connectivity index (χ0) is 19.6. The minimum absolute atomic E-state index is 0.00163. The Kier molecular flexibility index (Phi) is 6.07. The fourth-order valence-corrected chi connectivity index (χ4v) is 3.06. The van der Waals surface area contributed by atoms with Crippen molar-refractivity contribution in [3.63, 3.8) is 0 Å². The average Bonchev–Trinajstić information content (AvgIpc) is 2.97. The Morgan fingerprint density at radius 2 is 1.81 bits per heavy atom. The maximum Gasteiger partial charge on any atom is 0.291 e. The topological polar surface area (TPSA) is 84.6 Å². The van der Waals surface area contributed by atoms with Crippen LogP contribution in [0.2, 0.25) is 0 Å². The molecule has 0 bridgehead atoms. The van der Waals surface area contributed by atoms with Gasteiger partial charge in [-0.1, -0.05) is 0 Å². The van der Waals surface area contributed by atoms with Crippen LogP contribution in [0.4, 0.5) is 5.69 Å². The van der Waals surface area contributed by atoms with Crippen LogP contribution < -0.4 is 10.9 Å². The molecule has 26 heavy (non-hydrogen) atoms. The molecule has 8 heteroatoms. The van der Waals surface area contributed by atoms with E-state index in [0.29, 0.717) is 10.2 Å². The van der Waals surface area contributed by atoms with E-state index < -0.39 is 11.5 Å². The molecule has 0 aliphatic carbocycles. The van der Waals surface area contributed by atoms with Crippen molar-refractivity contribution in [2.75, 3.05) is 5.32 Å². The second-order valence-corrected chi connectivity index (χ2v) is 7.30. The van der Waals surface area contributed by atoms with Gasteiger partial charge in [-0.05, 0) is 61.8 Å². The van der Waals surface area contributed by atoms with Gasteiger partial charge in [-0.2, -0.15) is 0 Å². The molecule has 2 aromatic rings. The van der Waals surface area contributed by atoms with E-state index in [9.17, 15) is 14.4 Å². The minimum Gasteiger partial charge on any atom is -0.444 e. The number of amides is 2. The number of aryl methyl sites for hydroxylation is 1. The molecule has 0 aliphatic rings. The van der Waals surface area contributed by atoms with Gasteiger partial charge in [0, 0.05) is 25.3 Å². The summed E-state index contributed by atoms with van der Waals surface area (Å²) >= 11 is 3.12. The predicted molar refractivity (Wildman–Crippen MR) is 102 cm³/mol. The third kappa shape index (κ3) is 4.24. The highest BCUT2D eigenvalue weighted by Crippen LogP contribution is 2.17. The minimum atomic E-state index is -0.568. The van der Waals surface area contributed by atoms with Crippen LogP contribution in [-0.2, 0) is 7.05 Å². The van der Waals surface area contributed by atoms with Crippen molar-refractivity contribution in [1.29, 1.82) is 0 Å². The van der Waals surface area contributed by atoms with E-state index in [1.807, 2.05) is 27.7 Å². The summed E-state index contributed by atoms with van der Waals surface area (Å²) in [6.45, 7) is 7.71. The van der Waals surface area contributed by atoms with Gasteiger partial charge in [0.1, 0.15) is 5.69 Å². The highest BCUT2D eigenvalue weighted by atomic mass is 79.9. The number of carbonyl (C=O) groups is 2. The molecule has 140 valence electrons. The third-order valence-corrected chi connectivity index (χ3v) is 4.25. The van der Waals surface area contributed by atoms with Crippen LogP contribution in [0.15, 0.2) is 38.3 Å². The molecule has 0 atom stereocenters. The number of halogens is 1. The van der Waals surface area contributed by atoms with Crippen molar-refractivity contribution in [2.45, 2.75) is 39.8 Å². The fraction of sp³-hybridized carbons (Fsp3) is 0.389. The average molecular weight is 424 g/mol. The first-order valence-electron chi connectivity index (χ1n) is 8.21. The molecule has 0 saturated heterocycles. The van der Waals surface area contributed by atoms with Crippen molar-refractivity contribution in [3.8, 4) is 0 Å². The van der Waals surface area contributed by atoms with Crippen LogP contribution in [0.1, 0.15) is 48.6 Å². The van der Waals surface area contributed by atoms with Crippen molar-refractivity contribution in [1.82, 2.24) is 9.47 Å². The normalized spacial score (nSPS) is 11.1. The molecule has 0 radical (unpaired) electrons. The van der Waals surface area contributed by atoms with Gasteiger partial charge >= 0.3 is 0 Å². The quantitative estimate of drug-likeness (QED) is 0.799. The summed E-state index contributed by atoms with van der Waals surface area (Å²) in [7, 11) is 1.54. The van der Waals surface area contributed by atoms with E-state index in [1.165, 1.54) is 29.9 Å². The van der Waals surface area contributed by atoms with Gasteiger partial charge in [-0.25, -0.2) is 0 Å². The molecular weight excluding hydrogens is 402 g/mol. The largest absolute Gasteiger partial charge is 0.444 e. The van der Waals surface area contributed by atoms with Gasteiger partial charge in [0.2, 0.25) is 0 Å². The molecule has 2 amide bonds. The summed E-state index contributed by atoms with van der Waals surface area (Å²) in [5, 5.41) is 2.52. The second kappa shape index (κ2) is 7.90.